The molecule has 1 aliphatic carbocycles. The van der Waals surface area contributed by atoms with E-state index >= 15 is 0 Å². The second-order valence-corrected chi connectivity index (χ2v) is 8.29. The fraction of sp³-hybridized carbons (Fsp3) is 0.667. The van der Waals surface area contributed by atoms with Gasteiger partial charge in [0.25, 0.3) is 0 Å². The van der Waals surface area contributed by atoms with Gasteiger partial charge in [-0.3, -0.25) is 24.9 Å². The normalized spacial score (nSPS) is 14.6. The van der Waals surface area contributed by atoms with Gasteiger partial charge in [-0.1, -0.05) is 39.0 Å². The lowest BCUT2D eigenvalue weighted by Gasteiger charge is -2.27. The Morgan fingerprint density at radius 2 is 1.97 bits per heavy atom. The lowest BCUT2D eigenvalue weighted by atomic mass is 9.90. The number of amides is 1. The third-order valence-electron chi connectivity index (χ3n) is 5.59. The molecule has 1 saturated carbocycles. The largest absolute Gasteiger partial charge is 0.325 e. The zero-order valence-corrected chi connectivity index (χ0v) is 19.4. The molecule has 1 fully saturated rings. The highest BCUT2D eigenvalue weighted by molar-refractivity contribution is 5.94. The molecular formula is C24H38N6O2. The molecule has 8 heteroatoms. The molecule has 0 atom stereocenters. The van der Waals surface area contributed by atoms with Crippen LogP contribution >= 0.6 is 0 Å². The van der Waals surface area contributed by atoms with Crippen LogP contribution in [0.1, 0.15) is 77.6 Å². The van der Waals surface area contributed by atoms with Crippen LogP contribution in [0.4, 0.5) is 5.69 Å². The number of pyridine rings is 1. The highest BCUT2D eigenvalue weighted by Crippen LogP contribution is 2.24. The molecule has 0 radical (unpaired) electrons. The van der Waals surface area contributed by atoms with Crippen LogP contribution in [-0.2, 0) is 9.63 Å². The van der Waals surface area contributed by atoms with Gasteiger partial charge in [-0.2, -0.15) is 5.26 Å². The van der Waals surface area contributed by atoms with E-state index in [9.17, 15) is 4.79 Å². The summed E-state index contributed by atoms with van der Waals surface area (Å²) in [5.74, 6) is 1.13. The average molecular weight is 443 g/mol. The van der Waals surface area contributed by atoms with E-state index in [1.54, 1.807) is 17.5 Å². The molecule has 0 aromatic carbocycles. The van der Waals surface area contributed by atoms with E-state index in [2.05, 4.69) is 20.6 Å². The maximum Gasteiger partial charge on any atom is 0.246 e. The maximum absolute atomic E-state index is 12.4. The summed E-state index contributed by atoms with van der Waals surface area (Å²) < 4.78 is 0. The third kappa shape index (κ3) is 10.6. The molecule has 0 saturated heterocycles. The third-order valence-corrected chi connectivity index (χ3v) is 5.59. The van der Waals surface area contributed by atoms with Crippen molar-refractivity contribution in [3.8, 4) is 6.19 Å². The van der Waals surface area contributed by atoms with Crippen molar-refractivity contribution in [1.29, 1.82) is 5.26 Å². The number of carbonyl (C=O) groups is 1. The minimum absolute atomic E-state index is 0.0994. The smallest absolute Gasteiger partial charge is 0.246 e. The second-order valence-electron chi connectivity index (χ2n) is 8.29. The summed E-state index contributed by atoms with van der Waals surface area (Å²) in [7, 11) is 0. The van der Waals surface area contributed by atoms with E-state index in [4.69, 9.17) is 10.1 Å². The fourth-order valence-corrected chi connectivity index (χ4v) is 3.80. The number of unbranched alkanes of at least 4 members (excludes halogenated alkanes) is 3. The van der Waals surface area contributed by atoms with Gasteiger partial charge < -0.3 is 5.32 Å². The van der Waals surface area contributed by atoms with Crippen LogP contribution < -0.4 is 10.6 Å². The van der Waals surface area contributed by atoms with Crippen LogP contribution in [0.2, 0.25) is 0 Å². The number of hydrogen-bond acceptors (Lipinski definition) is 5. The summed E-state index contributed by atoms with van der Waals surface area (Å²) in [5.41, 5.74) is 0.826. The van der Waals surface area contributed by atoms with Crippen molar-refractivity contribution in [3.63, 3.8) is 0 Å². The molecule has 1 amide bonds. The standard InChI is InChI=1S/C24H38N6O2/c1-2-10-23(31)30(32-19-21-11-6-5-7-12-21)18-9-4-3-8-15-27-24(28-20-25)29-22-13-16-26-17-14-22/h13-14,16-17,21H,2-12,15,18-19H2,1H3,(H2,26,27,28,29). The van der Waals surface area contributed by atoms with Gasteiger partial charge in [-0.05, 0) is 50.2 Å². The fourth-order valence-electron chi connectivity index (χ4n) is 3.80. The van der Waals surface area contributed by atoms with Gasteiger partial charge >= 0.3 is 0 Å². The number of carbonyl (C=O) groups excluding carboxylic acids is 1. The molecule has 1 aromatic heterocycles. The minimum atomic E-state index is 0.0994. The molecule has 1 heterocycles. The van der Waals surface area contributed by atoms with Crippen LogP contribution in [0.15, 0.2) is 29.5 Å². The molecule has 1 aromatic rings. The Labute approximate surface area is 192 Å². The Hall–Kier alpha value is -2.66. The van der Waals surface area contributed by atoms with Crippen molar-refractivity contribution in [2.75, 3.05) is 25.0 Å². The van der Waals surface area contributed by atoms with E-state index in [1.807, 2.05) is 25.2 Å². The highest BCUT2D eigenvalue weighted by atomic mass is 16.7. The number of guanidine groups is 1. The number of hydrogen-bond donors (Lipinski definition) is 2. The second kappa shape index (κ2) is 16.0. The molecule has 1 aliphatic rings. The lowest BCUT2D eigenvalue weighted by Crippen LogP contribution is -2.34. The first kappa shape index (κ1) is 25.6. The molecule has 0 spiro atoms. The SMILES string of the molecule is CCCC(=O)N(CCCCCCN=C(NC#N)Nc1ccncc1)OCC1CCCCC1. The van der Waals surface area contributed by atoms with Crippen LogP contribution in [0.25, 0.3) is 0 Å². The quantitative estimate of drug-likeness (QED) is 0.115. The molecule has 0 bridgehead atoms. The Bertz CT molecular complexity index is 713. The monoisotopic (exact) mass is 442 g/mol. The van der Waals surface area contributed by atoms with Crippen molar-refractivity contribution >= 4 is 17.6 Å². The summed E-state index contributed by atoms with van der Waals surface area (Å²) >= 11 is 0. The average Bonchev–Trinajstić information content (AvgIpc) is 2.82. The van der Waals surface area contributed by atoms with E-state index in [-0.39, 0.29) is 5.91 Å². The number of aromatic nitrogens is 1. The van der Waals surface area contributed by atoms with E-state index < -0.39 is 0 Å². The van der Waals surface area contributed by atoms with E-state index in [0.29, 0.717) is 38.0 Å². The van der Waals surface area contributed by atoms with Crippen LogP contribution in [0, 0.1) is 17.4 Å². The summed E-state index contributed by atoms with van der Waals surface area (Å²) in [6.07, 6.45) is 16.8. The highest BCUT2D eigenvalue weighted by Gasteiger charge is 2.18. The van der Waals surface area contributed by atoms with E-state index in [1.165, 1.54) is 32.1 Å². The molecule has 176 valence electrons. The van der Waals surface area contributed by atoms with E-state index in [0.717, 1.165) is 37.8 Å². The number of rotatable bonds is 13. The zero-order valence-electron chi connectivity index (χ0n) is 19.4. The first-order chi connectivity index (χ1) is 15.7. The van der Waals surface area contributed by atoms with Gasteiger partial charge in [0, 0.05) is 37.6 Å². The molecule has 8 nitrogen and oxygen atoms in total. The number of hydroxylamine groups is 2. The van der Waals surface area contributed by atoms with Crippen LogP contribution in [0.3, 0.4) is 0 Å². The molecule has 2 N–H and O–H groups in total. The Morgan fingerprint density at radius 3 is 2.69 bits per heavy atom. The summed E-state index contributed by atoms with van der Waals surface area (Å²) in [5, 5.41) is 16.2. The predicted octanol–water partition coefficient (Wildman–Crippen LogP) is 4.62. The van der Waals surface area contributed by atoms with Crippen molar-refractivity contribution in [3.05, 3.63) is 24.5 Å². The van der Waals surface area contributed by atoms with Gasteiger partial charge in [-0.15, -0.1) is 0 Å². The molecule has 2 rings (SSSR count). The van der Waals surface area contributed by atoms with Crippen molar-refractivity contribution in [2.45, 2.75) is 77.6 Å². The number of nitriles is 1. The maximum atomic E-state index is 12.4. The predicted molar refractivity (Wildman–Crippen MR) is 127 cm³/mol. The Morgan fingerprint density at radius 1 is 1.22 bits per heavy atom. The van der Waals surface area contributed by atoms with Gasteiger partial charge in [-0.25, -0.2) is 5.06 Å². The Kier molecular flexibility index (Phi) is 12.8. The number of aliphatic imine (C=N–C) groups is 1. The number of nitrogens with one attached hydrogen (secondary N) is 2. The summed E-state index contributed by atoms with van der Waals surface area (Å²) in [6.45, 7) is 3.97. The van der Waals surface area contributed by atoms with Crippen molar-refractivity contribution in [1.82, 2.24) is 15.4 Å². The number of anilines is 1. The van der Waals surface area contributed by atoms with Crippen molar-refractivity contribution in [2.24, 2.45) is 10.9 Å². The van der Waals surface area contributed by atoms with Gasteiger partial charge in [0.05, 0.1) is 6.61 Å². The first-order valence-corrected chi connectivity index (χ1v) is 12.0. The number of nitrogens with zero attached hydrogens (tertiary/aromatic N) is 4. The van der Waals surface area contributed by atoms with Crippen LogP contribution in [-0.4, -0.2) is 41.6 Å². The van der Waals surface area contributed by atoms with Gasteiger partial charge in [0.1, 0.15) is 0 Å². The first-order valence-electron chi connectivity index (χ1n) is 12.0. The molecule has 0 unspecified atom stereocenters. The summed E-state index contributed by atoms with van der Waals surface area (Å²) in [4.78, 5) is 26.8. The Balaban J connectivity index is 1.66. The molecule has 0 aliphatic heterocycles. The van der Waals surface area contributed by atoms with Gasteiger partial charge in [0.2, 0.25) is 11.9 Å². The topological polar surface area (TPSA) is 103 Å². The molecule has 32 heavy (non-hydrogen) atoms. The minimum Gasteiger partial charge on any atom is -0.325 e. The lowest BCUT2D eigenvalue weighted by molar-refractivity contribution is -0.192. The zero-order chi connectivity index (χ0) is 22.9. The van der Waals surface area contributed by atoms with Gasteiger partial charge in [0.15, 0.2) is 6.19 Å². The molecular weight excluding hydrogens is 404 g/mol. The summed E-state index contributed by atoms with van der Waals surface area (Å²) in [6, 6.07) is 3.63. The van der Waals surface area contributed by atoms with Crippen LogP contribution in [0.5, 0.6) is 0 Å². The van der Waals surface area contributed by atoms with Crippen molar-refractivity contribution < 1.29 is 9.63 Å².